The van der Waals surface area contributed by atoms with E-state index in [1.807, 2.05) is 24.3 Å². The normalized spacial score (nSPS) is 9.20. The Hall–Kier alpha value is -0.580. The van der Waals surface area contributed by atoms with E-state index in [4.69, 9.17) is 0 Å². The first-order valence-corrected chi connectivity index (χ1v) is 5.17. The van der Waals surface area contributed by atoms with Crippen LogP contribution in [0.4, 0.5) is 0 Å². The van der Waals surface area contributed by atoms with Crippen LogP contribution in [0, 0.1) is 0 Å². The largest absolute Gasteiger partial charge is 0.351 e. The molecule has 2 N–H and O–H groups in total. The Balaban J connectivity index is 0.00000196. The van der Waals surface area contributed by atoms with Crippen LogP contribution in [0.1, 0.15) is 5.56 Å². The number of likely N-dealkylation sites (N-methyl/N-ethyl adjacent to an activating group) is 1. The molecule has 0 spiro atoms. The van der Waals surface area contributed by atoms with Gasteiger partial charge in [-0.05, 0) is 24.7 Å². The molecule has 1 rings (SSSR count). The fourth-order valence-corrected chi connectivity index (χ4v) is 1.29. The van der Waals surface area contributed by atoms with E-state index in [0.717, 1.165) is 10.0 Å². The maximum Gasteiger partial charge on any atom is 0.234 e. The highest BCUT2D eigenvalue weighted by Crippen LogP contribution is 2.09. The third kappa shape index (κ3) is 5.77. The van der Waals surface area contributed by atoms with Crippen molar-refractivity contribution in [1.29, 1.82) is 0 Å². The van der Waals surface area contributed by atoms with Crippen LogP contribution in [-0.4, -0.2) is 19.5 Å². The summed E-state index contributed by atoms with van der Waals surface area (Å²) in [5.41, 5.74) is 1.10. The van der Waals surface area contributed by atoms with Crippen LogP contribution in [0.5, 0.6) is 0 Å². The van der Waals surface area contributed by atoms with Gasteiger partial charge in [0.15, 0.2) is 0 Å². The van der Waals surface area contributed by atoms with Gasteiger partial charge in [-0.25, -0.2) is 0 Å². The quantitative estimate of drug-likeness (QED) is 0.887. The zero-order valence-electron chi connectivity index (χ0n) is 8.42. The molecule has 1 aromatic rings. The monoisotopic (exact) mass is 292 g/mol. The van der Waals surface area contributed by atoms with Crippen molar-refractivity contribution < 1.29 is 4.79 Å². The molecule has 15 heavy (non-hydrogen) atoms. The van der Waals surface area contributed by atoms with E-state index in [1.165, 1.54) is 0 Å². The summed E-state index contributed by atoms with van der Waals surface area (Å²) in [6.45, 7) is 0.935. The predicted octanol–water partition coefficient (Wildman–Crippen LogP) is 1.71. The Morgan fingerprint density at radius 2 is 1.93 bits per heavy atom. The van der Waals surface area contributed by atoms with E-state index in [2.05, 4.69) is 26.6 Å². The molecule has 1 aromatic carbocycles. The Bertz CT molecular complexity index is 303. The second-order valence-electron chi connectivity index (χ2n) is 2.93. The molecule has 3 nitrogen and oxygen atoms in total. The number of rotatable bonds is 4. The number of hydrogen-bond acceptors (Lipinski definition) is 2. The van der Waals surface area contributed by atoms with Gasteiger partial charge >= 0.3 is 0 Å². The summed E-state index contributed by atoms with van der Waals surface area (Å²) in [6, 6.07) is 7.87. The van der Waals surface area contributed by atoms with E-state index in [1.54, 1.807) is 7.05 Å². The molecule has 0 bridgehead atoms. The van der Waals surface area contributed by atoms with Crippen molar-refractivity contribution in [3.05, 3.63) is 34.3 Å². The van der Waals surface area contributed by atoms with Gasteiger partial charge in [0.05, 0.1) is 6.54 Å². The van der Waals surface area contributed by atoms with Crippen LogP contribution in [0.2, 0.25) is 0 Å². The van der Waals surface area contributed by atoms with Crippen LogP contribution in [-0.2, 0) is 11.3 Å². The summed E-state index contributed by atoms with van der Waals surface area (Å²) < 4.78 is 1.04. The summed E-state index contributed by atoms with van der Waals surface area (Å²) in [5.74, 6) is 0.00965. The molecule has 0 unspecified atom stereocenters. The highest BCUT2D eigenvalue weighted by Gasteiger charge is 1.98. The molecular formula is C10H14BrClN2O. The molecular weight excluding hydrogens is 279 g/mol. The summed E-state index contributed by atoms with van der Waals surface area (Å²) in [6.07, 6.45) is 0. The van der Waals surface area contributed by atoms with Gasteiger partial charge in [-0.1, -0.05) is 28.1 Å². The molecule has 0 saturated heterocycles. The number of amides is 1. The van der Waals surface area contributed by atoms with Gasteiger partial charge in [-0.15, -0.1) is 12.4 Å². The molecule has 0 aromatic heterocycles. The van der Waals surface area contributed by atoms with Gasteiger partial charge in [0.25, 0.3) is 0 Å². The van der Waals surface area contributed by atoms with Crippen LogP contribution in [0.15, 0.2) is 28.7 Å². The summed E-state index contributed by atoms with van der Waals surface area (Å²) >= 11 is 3.35. The minimum Gasteiger partial charge on any atom is -0.351 e. The van der Waals surface area contributed by atoms with Crippen molar-refractivity contribution in [2.24, 2.45) is 0 Å². The Kier molecular flexibility index (Phi) is 7.38. The van der Waals surface area contributed by atoms with Crippen LogP contribution in [0.3, 0.4) is 0 Å². The summed E-state index contributed by atoms with van der Waals surface area (Å²) in [7, 11) is 1.75. The van der Waals surface area contributed by atoms with E-state index in [0.29, 0.717) is 13.1 Å². The molecule has 0 aliphatic heterocycles. The number of carbonyl (C=O) groups excluding carboxylic acids is 1. The summed E-state index contributed by atoms with van der Waals surface area (Å²) in [4.78, 5) is 11.1. The predicted molar refractivity (Wildman–Crippen MR) is 67.2 cm³/mol. The van der Waals surface area contributed by atoms with Crippen LogP contribution >= 0.6 is 28.3 Å². The molecule has 0 fully saturated rings. The SMILES string of the molecule is CNCC(=O)NCc1ccc(Br)cc1.Cl. The van der Waals surface area contributed by atoms with Gasteiger partial charge in [0.1, 0.15) is 0 Å². The topological polar surface area (TPSA) is 41.1 Å². The average Bonchev–Trinajstić information content (AvgIpc) is 2.17. The third-order valence-electron chi connectivity index (χ3n) is 1.74. The van der Waals surface area contributed by atoms with Gasteiger partial charge < -0.3 is 10.6 Å². The molecule has 84 valence electrons. The number of benzene rings is 1. The van der Waals surface area contributed by atoms with Crippen molar-refractivity contribution in [3.63, 3.8) is 0 Å². The van der Waals surface area contributed by atoms with Gasteiger partial charge in [-0.2, -0.15) is 0 Å². The Labute approximate surface area is 104 Å². The lowest BCUT2D eigenvalue weighted by Crippen LogP contribution is -2.31. The second-order valence-corrected chi connectivity index (χ2v) is 3.85. The fraction of sp³-hybridized carbons (Fsp3) is 0.300. The van der Waals surface area contributed by atoms with E-state index < -0.39 is 0 Å². The molecule has 0 aliphatic rings. The molecule has 1 amide bonds. The number of nitrogens with one attached hydrogen (secondary N) is 2. The minimum absolute atomic E-state index is 0. The molecule has 0 aliphatic carbocycles. The average molecular weight is 294 g/mol. The Morgan fingerprint density at radius 3 is 2.47 bits per heavy atom. The number of hydrogen-bond donors (Lipinski definition) is 2. The molecule has 5 heteroatoms. The number of halogens is 2. The smallest absolute Gasteiger partial charge is 0.234 e. The van der Waals surface area contributed by atoms with Gasteiger partial charge in [0, 0.05) is 11.0 Å². The molecule has 0 radical (unpaired) electrons. The zero-order chi connectivity index (χ0) is 10.4. The van der Waals surface area contributed by atoms with Crippen molar-refractivity contribution in [3.8, 4) is 0 Å². The first-order valence-electron chi connectivity index (χ1n) is 4.38. The molecule has 0 atom stereocenters. The van der Waals surface area contributed by atoms with Gasteiger partial charge in [-0.3, -0.25) is 4.79 Å². The van der Waals surface area contributed by atoms with Crippen molar-refractivity contribution in [1.82, 2.24) is 10.6 Å². The zero-order valence-corrected chi connectivity index (χ0v) is 10.8. The van der Waals surface area contributed by atoms with Crippen LogP contribution in [0.25, 0.3) is 0 Å². The standard InChI is InChI=1S/C10H13BrN2O.ClH/c1-12-7-10(14)13-6-8-2-4-9(11)5-3-8;/h2-5,12H,6-7H2,1H3,(H,13,14);1H. The van der Waals surface area contributed by atoms with Gasteiger partial charge in [0.2, 0.25) is 5.91 Å². The lowest BCUT2D eigenvalue weighted by atomic mass is 10.2. The Morgan fingerprint density at radius 1 is 1.33 bits per heavy atom. The second kappa shape index (κ2) is 7.68. The maximum atomic E-state index is 11.1. The van der Waals surface area contributed by atoms with Crippen molar-refractivity contribution in [2.45, 2.75) is 6.54 Å². The number of carbonyl (C=O) groups is 1. The van der Waals surface area contributed by atoms with Crippen molar-refractivity contribution in [2.75, 3.05) is 13.6 Å². The fourth-order valence-electron chi connectivity index (χ4n) is 1.03. The lowest BCUT2D eigenvalue weighted by Gasteiger charge is -2.04. The van der Waals surface area contributed by atoms with E-state index in [9.17, 15) is 4.79 Å². The van der Waals surface area contributed by atoms with Crippen LogP contribution < -0.4 is 10.6 Å². The van der Waals surface area contributed by atoms with E-state index in [-0.39, 0.29) is 18.3 Å². The highest BCUT2D eigenvalue weighted by atomic mass is 79.9. The van der Waals surface area contributed by atoms with E-state index >= 15 is 0 Å². The third-order valence-corrected chi connectivity index (χ3v) is 2.27. The highest BCUT2D eigenvalue weighted by molar-refractivity contribution is 9.10. The summed E-state index contributed by atoms with van der Waals surface area (Å²) in [5, 5.41) is 5.60. The first-order chi connectivity index (χ1) is 6.72. The minimum atomic E-state index is 0. The maximum absolute atomic E-state index is 11.1. The molecule has 0 heterocycles. The molecule has 0 saturated carbocycles. The first kappa shape index (κ1) is 14.4. The van der Waals surface area contributed by atoms with Crippen molar-refractivity contribution >= 4 is 34.2 Å². The lowest BCUT2D eigenvalue weighted by molar-refractivity contribution is -0.120.